The number of thiazole rings is 1. The highest BCUT2D eigenvalue weighted by atomic mass is 32.1. The molecule has 1 fully saturated rings. The van der Waals surface area contributed by atoms with E-state index in [4.69, 9.17) is 4.74 Å². The number of rotatable bonds is 4. The van der Waals surface area contributed by atoms with Gasteiger partial charge >= 0.3 is 6.01 Å². The van der Waals surface area contributed by atoms with Gasteiger partial charge in [0.05, 0.1) is 5.01 Å². The van der Waals surface area contributed by atoms with Crippen molar-refractivity contribution >= 4 is 17.2 Å². The van der Waals surface area contributed by atoms with Crippen LogP contribution in [0.3, 0.4) is 0 Å². The van der Waals surface area contributed by atoms with Crippen molar-refractivity contribution in [1.29, 1.82) is 0 Å². The van der Waals surface area contributed by atoms with Gasteiger partial charge < -0.3 is 10.1 Å². The Hall–Kier alpha value is -2.02. The topological polar surface area (TPSA) is 77.0 Å². The molecule has 1 saturated carbocycles. The molecule has 0 bridgehead atoms. The zero-order chi connectivity index (χ0) is 17.1. The van der Waals surface area contributed by atoms with Crippen LogP contribution in [0, 0.1) is 20.8 Å². The predicted octanol–water partition coefficient (Wildman–Crippen LogP) is 2.98. The van der Waals surface area contributed by atoms with E-state index >= 15 is 0 Å². The summed E-state index contributed by atoms with van der Waals surface area (Å²) < 4.78 is 5.91. The van der Waals surface area contributed by atoms with E-state index in [0.29, 0.717) is 11.7 Å². The summed E-state index contributed by atoms with van der Waals surface area (Å²) in [5, 5.41) is 5.78. The van der Waals surface area contributed by atoms with Crippen LogP contribution in [0.2, 0.25) is 0 Å². The van der Waals surface area contributed by atoms with Crippen LogP contribution in [0.15, 0.2) is 11.4 Å². The van der Waals surface area contributed by atoms with Gasteiger partial charge in [-0.05, 0) is 52.5 Å². The minimum atomic E-state index is -0.0821. The molecule has 2 heterocycles. The van der Waals surface area contributed by atoms with Crippen molar-refractivity contribution in [1.82, 2.24) is 20.3 Å². The Morgan fingerprint density at radius 1 is 1.12 bits per heavy atom. The van der Waals surface area contributed by atoms with Crippen molar-refractivity contribution < 1.29 is 9.53 Å². The molecule has 1 amide bonds. The lowest BCUT2D eigenvalue weighted by Gasteiger charge is -2.28. The fourth-order valence-corrected chi connectivity index (χ4v) is 3.54. The summed E-state index contributed by atoms with van der Waals surface area (Å²) in [6, 6.07) is 2.57. The number of nitrogens with one attached hydrogen (secondary N) is 1. The fraction of sp³-hybridized carbons (Fsp3) is 0.529. The van der Waals surface area contributed by atoms with Gasteiger partial charge in [-0.2, -0.15) is 0 Å². The van der Waals surface area contributed by atoms with Crippen molar-refractivity contribution in [2.24, 2.45) is 0 Å². The van der Waals surface area contributed by atoms with E-state index < -0.39 is 0 Å². The summed E-state index contributed by atoms with van der Waals surface area (Å²) in [6.45, 7) is 5.78. The minimum absolute atomic E-state index is 0.0821. The highest BCUT2D eigenvalue weighted by Crippen LogP contribution is 2.23. The maximum absolute atomic E-state index is 12.2. The molecule has 0 atom stereocenters. The Labute approximate surface area is 145 Å². The van der Waals surface area contributed by atoms with Crippen LogP contribution in [0.1, 0.15) is 52.6 Å². The maximum atomic E-state index is 12.2. The van der Waals surface area contributed by atoms with E-state index in [2.05, 4.69) is 20.3 Å². The molecule has 0 unspecified atom stereocenters. The first kappa shape index (κ1) is 16.8. The molecule has 24 heavy (non-hydrogen) atoms. The standard InChI is InChI=1S/C17H22N4O2S/c1-10-8-11(2)19-17(18-10)23-14-6-4-13(5-7-14)21-16(22)15-9-24-12(3)20-15/h8-9,13-14H,4-7H2,1-3H3,(H,21,22). The molecule has 0 aromatic carbocycles. The van der Waals surface area contributed by atoms with E-state index in [1.54, 1.807) is 5.38 Å². The molecular formula is C17H22N4O2S. The van der Waals surface area contributed by atoms with E-state index in [1.165, 1.54) is 11.3 Å². The van der Waals surface area contributed by atoms with E-state index in [9.17, 15) is 4.79 Å². The number of aromatic nitrogens is 3. The van der Waals surface area contributed by atoms with Gasteiger partial charge in [-0.1, -0.05) is 0 Å². The van der Waals surface area contributed by atoms with Crippen molar-refractivity contribution in [3.8, 4) is 6.01 Å². The largest absolute Gasteiger partial charge is 0.460 e. The molecule has 3 rings (SSSR count). The highest BCUT2D eigenvalue weighted by molar-refractivity contribution is 7.09. The molecule has 2 aromatic rings. The van der Waals surface area contributed by atoms with Gasteiger partial charge in [-0.3, -0.25) is 4.79 Å². The third-order valence-corrected chi connectivity index (χ3v) is 4.87. The van der Waals surface area contributed by atoms with Crippen LogP contribution < -0.4 is 10.1 Å². The Morgan fingerprint density at radius 2 is 1.79 bits per heavy atom. The second-order valence-electron chi connectivity index (χ2n) is 6.25. The third-order valence-electron chi connectivity index (χ3n) is 4.09. The quantitative estimate of drug-likeness (QED) is 0.921. The zero-order valence-corrected chi connectivity index (χ0v) is 15.0. The Balaban J connectivity index is 1.49. The van der Waals surface area contributed by atoms with Gasteiger partial charge in [0, 0.05) is 22.8 Å². The SMILES string of the molecule is Cc1cc(C)nc(OC2CCC(NC(=O)c3csc(C)n3)CC2)n1. The van der Waals surface area contributed by atoms with E-state index in [0.717, 1.165) is 42.1 Å². The van der Waals surface area contributed by atoms with E-state index in [1.807, 2.05) is 26.8 Å². The molecule has 7 heteroatoms. The second kappa shape index (κ2) is 7.25. The smallest absolute Gasteiger partial charge is 0.317 e. The van der Waals surface area contributed by atoms with Gasteiger partial charge in [-0.25, -0.2) is 15.0 Å². The molecule has 2 aromatic heterocycles. The number of carbonyl (C=O) groups is 1. The molecule has 0 saturated heterocycles. The summed E-state index contributed by atoms with van der Waals surface area (Å²) >= 11 is 1.49. The maximum Gasteiger partial charge on any atom is 0.317 e. The molecule has 1 N–H and O–H groups in total. The lowest BCUT2D eigenvalue weighted by atomic mass is 9.93. The van der Waals surface area contributed by atoms with Gasteiger partial charge in [-0.15, -0.1) is 11.3 Å². The summed E-state index contributed by atoms with van der Waals surface area (Å²) in [4.78, 5) is 25.0. The number of carbonyl (C=O) groups excluding carboxylic acids is 1. The van der Waals surface area contributed by atoms with Crippen molar-refractivity contribution in [2.75, 3.05) is 0 Å². The number of ether oxygens (including phenoxy) is 1. The zero-order valence-electron chi connectivity index (χ0n) is 14.2. The number of amides is 1. The summed E-state index contributed by atoms with van der Waals surface area (Å²) in [5.74, 6) is -0.0821. The molecule has 0 radical (unpaired) electrons. The molecule has 0 spiro atoms. The average Bonchev–Trinajstić information content (AvgIpc) is 2.95. The lowest BCUT2D eigenvalue weighted by Crippen LogP contribution is -2.40. The molecule has 6 nitrogen and oxygen atoms in total. The van der Waals surface area contributed by atoms with Crippen LogP contribution in [0.25, 0.3) is 0 Å². The van der Waals surface area contributed by atoms with Gasteiger partial charge in [0.15, 0.2) is 0 Å². The van der Waals surface area contributed by atoms with Crippen molar-refractivity contribution in [3.05, 3.63) is 33.5 Å². The number of hydrogen-bond donors (Lipinski definition) is 1. The molecule has 1 aliphatic rings. The molecule has 0 aliphatic heterocycles. The minimum Gasteiger partial charge on any atom is -0.460 e. The van der Waals surface area contributed by atoms with Crippen molar-refractivity contribution in [3.63, 3.8) is 0 Å². The normalized spacial score (nSPS) is 20.6. The first-order valence-corrected chi connectivity index (χ1v) is 9.09. The fourth-order valence-electron chi connectivity index (χ4n) is 2.95. The first-order valence-electron chi connectivity index (χ1n) is 8.21. The summed E-state index contributed by atoms with van der Waals surface area (Å²) in [5.41, 5.74) is 2.34. The van der Waals surface area contributed by atoms with Gasteiger partial charge in [0.2, 0.25) is 0 Å². The lowest BCUT2D eigenvalue weighted by molar-refractivity contribution is 0.0880. The van der Waals surface area contributed by atoms with Gasteiger partial charge in [0.25, 0.3) is 5.91 Å². The van der Waals surface area contributed by atoms with Crippen molar-refractivity contribution in [2.45, 2.75) is 58.6 Å². The van der Waals surface area contributed by atoms with Crippen LogP contribution in [0.5, 0.6) is 6.01 Å². The van der Waals surface area contributed by atoms with Gasteiger partial charge in [0.1, 0.15) is 11.8 Å². The van der Waals surface area contributed by atoms with E-state index in [-0.39, 0.29) is 18.1 Å². The van der Waals surface area contributed by atoms with Crippen LogP contribution in [-0.2, 0) is 0 Å². The Kier molecular flexibility index (Phi) is 5.08. The first-order chi connectivity index (χ1) is 11.5. The number of aryl methyl sites for hydroxylation is 3. The predicted molar refractivity (Wildman–Crippen MR) is 92.5 cm³/mol. The third kappa shape index (κ3) is 4.29. The number of nitrogens with zero attached hydrogens (tertiary/aromatic N) is 3. The Bertz CT molecular complexity index is 703. The summed E-state index contributed by atoms with van der Waals surface area (Å²) in [6.07, 6.45) is 3.67. The Morgan fingerprint density at radius 3 is 2.38 bits per heavy atom. The summed E-state index contributed by atoms with van der Waals surface area (Å²) in [7, 11) is 0. The molecule has 128 valence electrons. The average molecular weight is 346 g/mol. The molecule has 1 aliphatic carbocycles. The van der Waals surface area contributed by atoms with Crippen LogP contribution in [-0.4, -0.2) is 33.0 Å². The highest BCUT2D eigenvalue weighted by Gasteiger charge is 2.25. The molecular weight excluding hydrogens is 324 g/mol. The van der Waals surface area contributed by atoms with Crippen LogP contribution in [0.4, 0.5) is 0 Å². The number of hydrogen-bond acceptors (Lipinski definition) is 6. The second-order valence-corrected chi connectivity index (χ2v) is 7.31. The monoisotopic (exact) mass is 346 g/mol. The van der Waals surface area contributed by atoms with Crippen LogP contribution >= 0.6 is 11.3 Å².